The molecule has 0 unspecified atom stereocenters. The molecule has 0 radical (unpaired) electrons. The zero-order valence-corrected chi connectivity index (χ0v) is 11.4. The van der Waals surface area contributed by atoms with E-state index in [-0.39, 0.29) is 10.8 Å². The molecule has 1 aromatic heterocycles. The number of thiazole rings is 1. The first kappa shape index (κ1) is 11.4. The highest BCUT2D eigenvalue weighted by molar-refractivity contribution is 9.10. The van der Waals surface area contributed by atoms with Gasteiger partial charge in [-0.2, -0.15) is 0 Å². The Morgan fingerprint density at radius 1 is 1.44 bits per heavy atom. The smallest absolute Gasteiger partial charge is 0.307 e. The van der Waals surface area contributed by atoms with E-state index in [1.165, 1.54) is 0 Å². The van der Waals surface area contributed by atoms with Crippen molar-refractivity contribution in [2.45, 2.75) is 0 Å². The van der Waals surface area contributed by atoms with Gasteiger partial charge in [-0.3, -0.25) is 14.8 Å². The number of allylic oxidation sites excluding steroid dienone is 1. The maximum absolute atomic E-state index is 11.1. The first-order valence-corrected chi connectivity index (χ1v) is 6.72. The third kappa shape index (κ3) is 1.93. The maximum atomic E-state index is 11.1. The number of aromatic amines is 1. The highest BCUT2D eigenvalue weighted by Crippen LogP contribution is 2.35. The molecule has 3 rings (SSSR count). The van der Waals surface area contributed by atoms with Crippen LogP contribution in [0.4, 0.5) is 5.69 Å². The van der Waals surface area contributed by atoms with Crippen molar-refractivity contribution in [2.75, 3.05) is 0 Å². The van der Waals surface area contributed by atoms with Gasteiger partial charge in [0, 0.05) is 21.8 Å². The van der Waals surface area contributed by atoms with Crippen LogP contribution in [0.25, 0.3) is 11.6 Å². The second-order valence-electron chi connectivity index (χ2n) is 3.75. The van der Waals surface area contributed by atoms with Gasteiger partial charge in [0.1, 0.15) is 0 Å². The molecule has 4 nitrogen and oxygen atoms in total. The van der Waals surface area contributed by atoms with Crippen LogP contribution >= 0.6 is 27.3 Å². The Morgan fingerprint density at radius 3 is 3.00 bits per heavy atom. The van der Waals surface area contributed by atoms with Gasteiger partial charge < -0.3 is 5.11 Å². The van der Waals surface area contributed by atoms with Crippen molar-refractivity contribution in [1.82, 2.24) is 4.98 Å². The molecule has 2 N–H and O–H groups in total. The molecule has 0 bridgehead atoms. The van der Waals surface area contributed by atoms with Crippen molar-refractivity contribution >= 4 is 50.8 Å². The summed E-state index contributed by atoms with van der Waals surface area (Å²) in [5, 5.41) is 9.55. The Bertz CT molecular complexity index is 743. The van der Waals surface area contributed by atoms with E-state index in [9.17, 15) is 9.90 Å². The fourth-order valence-corrected chi connectivity index (χ4v) is 2.79. The summed E-state index contributed by atoms with van der Waals surface area (Å²) in [4.78, 5) is 18.0. The zero-order chi connectivity index (χ0) is 12.7. The van der Waals surface area contributed by atoms with Crippen LogP contribution in [0.3, 0.4) is 0 Å². The van der Waals surface area contributed by atoms with Gasteiger partial charge in [0.2, 0.25) is 5.88 Å². The highest BCUT2D eigenvalue weighted by Gasteiger charge is 2.14. The minimum atomic E-state index is -0.274. The summed E-state index contributed by atoms with van der Waals surface area (Å²) in [5.74, 6) is -0.102. The van der Waals surface area contributed by atoms with Crippen LogP contribution < -0.4 is 4.87 Å². The lowest BCUT2D eigenvalue weighted by Crippen LogP contribution is -1.89. The Labute approximate surface area is 114 Å². The summed E-state index contributed by atoms with van der Waals surface area (Å²) in [6, 6.07) is 5.79. The van der Waals surface area contributed by atoms with E-state index in [1.807, 2.05) is 18.2 Å². The summed E-state index contributed by atoms with van der Waals surface area (Å²) in [5.41, 5.74) is 2.73. The van der Waals surface area contributed by atoms with E-state index in [4.69, 9.17) is 0 Å². The molecule has 2 heterocycles. The average Bonchev–Trinajstić information content (AvgIpc) is 2.84. The molecule has 1 aromatic carbocycles. The number of aromatic nitrogens is 1. The summed E-state index contributed by atoms with van der Waals surface area (Å²) in [6.45, 7) is 0. The number of benzene rings is 1. The summed E-state index contributed by atoms with van der Waals surface area (Å²) in [7, 11) is 0. The predicted molar refractivity (Wildman–Crippen MR) is 76.8 cm³/mol. The van der Waals surface area contributed by atoms with Gasteiger partial charge in [-0.05, 0) is 24.3 Å². The predicted octanol–water partition coefficient (Wildman–Crippen LogP) is 3.16. The first-order valence-electron chi connectivity index (χ1n) is 5.11. The molecule has 0 saturated carbocycles. The van der Waals surface area contributed by atoms with Crippen LogP contribution in [0.5, 0.6) is 5.88 Å². The summed E-state index contributed by atoms with van der Waals surface area (Å²) < 4.78 is 0.962. The molecule has 90 valence electrons. The van der Waals surface area contributed by atoms with E-state index in [0.717, 1.165) is 32.6 Å². The fraction of sp³-hybridized carbons (Fsp3) is 0. The van der Waals surface area contributed by atoms with E-state index in [1.54, 1.807) is 12.3 Å². The number of aromatic hydroxyl groups is 1. The third-order valence-electron chi connectivity index (χ3n) is 2.56. The molecule has 6 heteroatoms. The summed E-state index contributed by atoms with van der Waals surface area (Å²) >= 11 is 4.38. The SMILES string of the molecule is O=c1[nH]c(O)c(/C=C2/C=Nc3ccc(Br)cc32)s1. The van der Waals surface area contributed by atoms with Crippen molar-refractivity contribution in [3.05, 3.63) is 42.8 Å². The number of aliphatic imine (C=N–C) groups is 1. The minimum absolute atomic E-state index is 0.102. The van der Waals surface area contributed by atoms with E-state index < -0.39 is 0 Å². The van der Waals surface area contributed by atoms with E-state index >= 15 is 0 Å². The Hall–Kier alpha value is -1.66. The molecule has 1 aliphatic heterocycles. The molecule has 0 aliphatic carbocycles. The molecule has 0 amide bonds. The van der Waals surface area contributed by atoms with Crippen molar-refractivity contribution in [2.24, 2.45) is 4.99 Å². The van der Waals surface area contributed by atoms with Gasteiger partial charge in [0.05, 0.1) is 10.6 Å². The van der Waals surface area contributed by atoms with Crippen molar-refractivity contribution in [3.8, 4) is 5.88 Å². The highest BCUT2D eigenvalue weighted by atomic mass is 79.9. The average molecular weight is 323 g/mol. The lowest BCUT2D eigenvalue weighted by Gasteiger charge is -1.99. The molecule has 0 saturated heterocycles. The number of hydrogen-bond donors (Lipinski definition) is 2. The third-order valence-corrected chi connectivity index (χ3v) is 3.87. The van der Waals surface area contributed by atoms with Crippen LogP contribution in [0.15, 0.2) is 32.5 Å². The number of nitrogens with one attached hydrogen (secondary N) is 1. The second-order valence-corrected chi connectivity index (χ2v) is 5.68. The largest absolute Gasteiger partial charge is 0.493 e. The topological polar surface area (TPSA) is 65.5 Å². The lowest BCUT2D eigenvalue weighted by molar-refractivity contribution is 0.455. The van der Waals surface area contributed by atoms with Gasteiger partial charge in [0.15, 0.2) is 0 Å². The van der Waals surface area contributed by atoms with Gasteiger partial charge in [-0.25, -0.2) is 0 Å². The molecular formula is C12H7BrN2O2S. The summed E-state index contributed by atoms with van der Waals surface area (Å²) in [6.07, 6.45) is 3.47. The normalized spacial score (nSPS) is 15.3. The van der Waals surface area contributed by atoms with Crippen molar-refractivity contribution < 1.29 is 5.11 Å². The number of hydrogen-bond acceptors (Lipinski definition) is 4. The van der Waals surface area contributed by atoms with Crippen molar-refractivity contribution in [3.63, 3.8) is 0 Å². The molecular weight excluding hydrogens is 316 g/mol. The monoisotopic (exact) mass is 322 g/mol. The zero-order valence-electron chi connectivity index (χ0n) is 8.98. The van der Waals surface area contributed by atoms with Crippen molar-refractivity contribution in [1.29, 1.82) is 0 Å². The fourth-order valence-electron chi connectivity index (χ4n) is 1.75. The van der Waals surface area contributed by atoms with E-state index in [0.29, 0.717) is 4.88 Å². The molecule has 1 aliphatic rings. The Balaban J connectivity index is 2.11. The number of nitrogens with zero attached hydrogens (tertiary/aromatic N) is 1. The van der Waals surface area contributed by atoms with Gasteiger partial charge in [-0.15, -0.1) is 0 Å². The lowest BCUT2D eigenvalue weighted by atomic mass is 10.1. The van der Waals surface area contributed by atoms with Crippen LogP contribution in [-0.4, -0.2) is 16.3 Å². The molecule has 0 spiro atoms. The van der Waals surface area contributed by atoms with Gasteiger partial charge >= 0.3 is 4.87 Å². The molecule has 18 heavy (non-hydrogen) atoms. The maximum Gasteiger partial charge on any atom is 0.307 e. The molecule has 2 aromatic rings. The minimum Gasteiger partial charge on any atom is -0.493 e. The number of fused-ring (bicyclic) bond motifs is 1. The number of H-pyrrole nitrogens is 1. The standard InChI is InChI=1S/C12H7BrN2O2S/c13-7-1-2-9-8(4-7)6(5-14-9)3-10-11(16)15-12(17)18-10/h1-5,16H,(H,15,17)/b6-3-. The number of halogens is 1. The number of rotatable bonds is 1. The first-order chi connectivity index (χ1) is 8.63. The quantitative estimate of drug-likeness (QED) is 0.847. The van der Waals surface area contributed by atoms with Crippen LogP contribution in [0.1, 0.15) is 10.4 Å². The van der Waals surface area contributed by atoms with Crippen LogP contribution in [-0.2, 0) is 0 Å². The van der Waals surface area contributed by atoms with Crippen LogP contribution in [0.2, 0.25) is 0 Å². The Morgan fingerprint density at radius 2 is 2.28 bits per heavy atom. The molecule has 0 fully saturated rings. The van der Waals surface area contributed by atoms with Crippen LogP contribution in [0, 0.1) is 0 Å². The molecule has 0 atom stereocenters. The van der Waals surface area contributed by atoms with Gasteiger partial charge in [-0.1, -0.05) is 27.3 Å². The van der Waals surface area contributed by atoms with Gasteiger partial charge in [0.25, 0.3) is 0 Å². The Kier molecular flexibility index (Phi) is 2.68. The second kappa shape index (κ2) is 4.22. The van der Waals surface area contributed by atoms with E-state index in [2.05, 4.69) is 25.9 Å².